The van der Waals surface area contributed by atoms with Gasteiger partial charge in [0.25, 0.3) is 11.8 Å². The van der Waals surface area contributed by atoms with Crippen molar-refractivity contribution in [3.05, 3.63) is 28.1 Å². The lowest BCUT2D eigenvalue weighted by Gasteiger charge is -2.35. The highest BCUT2D eigenvalue weighted by molar-refractivity contribution is 7.11. The molecule has 5 nitrogen and oxygen atoms in total. The van der Waals surface area contributed by atoms with Crippen molar-refractivity contribution in [2.45, 2.75) is 33.1 Å². The molecule has 0 aliphatic carbocycles. The van der Waals surface area contributed by atoms with E-state index in [1.165, 1.54) is 16.2 Å². The summed E-state index contributed by atoms with van der Waals surface area (Å²) >= 11 is 1.53. The molecule has 25 heavy (non-hydrogen) atoms. The number of amides is 2. The molecule has 1 fully saturated rings. The summed E-state index contributed by atoms with van der Waals surface area (Å²) in [6, 6.07) is 3.89. The van der Waals surface area contributed by atoms with Crippen LogP contribution in [0.5, 0.6) is 0 Å². The fourth-order valence-corrected chi connectivity index (χ4v) is 4.27. The molecule has 2 aliphatic rings. The van der Waals surface area contributed by atoms with E-state index in [4.69, 9.17) is 0 Å². The third-order valence-electron chi connectivity index (χ3n) is 5.03. The van der Waals surface area contributed by atoms with E-state index in [2.05, 4.69) is 23.6 Å². The molecule has 6 heteroatoms. The van der Waals surface area contributed by atoms with Gasteiger partial charge in [-0.05, 0) is 24.4 Å². The maximum absolute atomic E-state index is 13.1. The van der Waals surface area contributed by atoms with Crippen molar-refractivity contribution in [1.29, 1.82) is 0 Å². The van der Waals surface area contributed by atoms with Crippen molar-refractivity contribution in [2.75, 3.05) is 39.3 Å². The summed E-state index contributed by atoms with van der Waals surface area (Å²) < 4.78 is 0. The predicted octanol–water partition coefficient (Wildman–Crippen LogP) is 2.66. The molecular weight excluding hydrogens is 334 g/mol. The second kappa shape index (κ2) is 8.15. The van der Waals surface area contributed by atoms with Crippen LogP contribution in [-0.2, 0) is 9.59 Å². The molecule has 0 atom stereocenters. The van der Waals surface area contributed by atoms with Crippen molar-refractivity contribution < 1.29 is 9.59 Å². The van der Waals surface area contributed by atoms with E-state index in [-0.39, 0.29) is 11.8 Å². The zero-order valence-corrected chi connectivity index (χ0v) is 16.0. The van der Waals surface area contributed by atoms with Crippen molar-refractivity contribution in [2.24, 2.45) is 0 Å². The van der Waals surface area contributed by atoms with Gasteiger partial charge >= 0.3 is 0 Å². The number of hydrogen-bond acceptors (Lipinski definition) is 5. The molecule has 0 N–H and O–H groups in total. The van der Waals surface area contributed by atoms with Crippen molar-refractivity contribution in [3.63, 3.8) is 0 Å². The molecule has 0 unspecified atom stereocenters. The highest BCUT2D eigenvalue weighted by atomic mass is 32.1. The lowest BCUT2D eigenvalue weighted by Crippen LogP contribution is -2.47. The Morgan fingerprint density at radius 3 is 2.40 bits per heavy atom. The van der Waals surface area contributed by atoms with Crippen LogP contribution in [0.15, 0.2) is 23.2 Å². The molecule has 3 rings (SSSR count). The standard InChI is InChI=1S/C19H27N3O2S/c1-3-5-6-9-22-18(23)16(15-8-7-14-25-15)17(19(22)24)21-12-10-20(4-2)11-13-21/h7-8,14H,3-6,9-13H2,1-2H3. The number of thiophene rings is 1. The minimum absolute atomic E-state index is 0.102. The first-order valence-electron chi connectivity index (χ1n) is 9.29. The van der Waals surface area contributed by atoms with Crippen LogP contribution in [0.25, 0.3) is 5.57 Å². The van der Waals surface area contributed by atoms with Gasteiger partial charge in [0.05, 0.1) is 5.57 Å². The van der Waals surface area contributed by atoms with Crippen molar-refractivity contribution in [3.8, 4) is 0 Å². The lowest BCUT2D eigenvalue weighted by molar-refractivity contribution is -0.137. The van der Waals surface area contributed by atoms with E-state index in [1.807, 2.05) is 17.5 Å². The van der Waals surface area contributed by atoms with Crippen LogP contribution < -0.4 is 0 Å². The first kappa shape index (κ1) is 18.1. The first-order valence-corrected chi connectivity index (χ1v) is 10.2. The molecule has 2 aliphatic heterocycles. The Kier molecular flexibility index (Phi) is 5.91. The van der Waals surface area contributed by atoms with Crippen LogP contribution in [0.2, 0.25) is 0 Å². The summed E-state index contributed by atoms with van der Waals surface area (Å²) in [4.78, 5) is 32.9. The second-order valence-electron chi connectivity index (χ2n) is 6.59. The maximum Gasteiger partial charge on any atom is 0.277 e. The molecule has 1 saturated heterocycles. The van der Waals surface area contributed by atoms with E-state index < -0.39 is 0 Å². The fourth-order valence-electron chi connectivity index (χ4n) is 3.51. The van der Waals surface area contributed by atoms with Crippen LogP contribution in [0.1, 0.15) is 38.0 Å². The van der Waals surface area contributed by atoms with E-state index in [9.17, 15) is 9.59 Å². The zero-order chi connectivity index (χ0) is 17.8. The molecule has 0 radical (unpaired) electrons. The Bertz CT molecular complexity index is 646. The third-order valence-corrected chi connectivity index (χ3v) is 5.92. The average Bonchev–Trinajstić information content (AvgIpc) is 3.23. The van der Waals surface area contributed by atoms with Gasteiger partial charge in [-0.3, -0.25) is 14.5 Å². The number of unbranched alkanes of at least 4 members (excludes halogenated alkanes) is 2. The zero-order valence-electron chi connectivity index (χ0n) is 15.2. The lowest BCUT2D eigenvalue weighted by atomic mass is 10.1. The summed E-state index contributed by atoms with van der Waals surface area (Å²) in [6.45, 7) is 9.33. The molecule has 1 aromatic heterocycles. The van der Waals surface area contributed by atoms with Gasteiger partial charge in [-0.15, -0.1) is 11.3 Å². The Labute approximate surface area is 153 Å². The van der Waals surface area contributed by atoms with Gasteiger partial charge in [0.2, 0.25) is 0 Å². The number of imide groups is 1. The van der Waals surface area contributed by atoms with Crippen molar-refractivity contribution >= 4 is 28.7 Å². The van der Waals surface area contributed by atoms with Crippen LogP contribution in [-0.4, -0.2) is 65.8 Å². The molecule has 136 valence electrons. The Morgan fingerprint density at radius 2 is 1.80 bits per heavy atom. The number of hydrogen-bond donors (Lipinski definition) is 0. The Hall–Kier alpha value is -1.66. The van der Waals surface area contributed by atoms with Crippen LogP contribution >= 0.6 is 11.3 Å². The summed E-state index contributed by atoms with van der Waals surface area (Å²) in [7, 11) is 0. The number of carbonyl (C=O) groups excluding carboxylic acids is 2. The Balaban J connectivity index is 1.87. The second-order valence-corrected chi connectivity index (χ2v) is 7.54. The van der Waals surface area contributed by atoms with Crippen LogP contribution in [0.3, 0.4) is 0 Å². The summed E-state index contributed by atoms with van der Waals surface area (Å²) in [5.41, 5.74) is 1.24. The molecule has 0 spiro atoms. The van der Waals surface area contributed by atoms with Gasteiger partial charge in [0, 0.05) is 37.6 Å². The maximum atomic E-state index is 13.1. The number of rotatable bonds is 7. The van der Waals surface area contributed by atoms with Gasteiger partial charge in [-0.2, -0.15) is 0 Å². The monoisotopic (exact) mass is 361 g/mol. The number of nitrogens with zero attached hydrogens (tertiary/aromatic N) is 3. The first-order chi connectivity index (χ1) is 12.2. The predicted molar refractivity (Wildman–Crippen MR) is 101 cm³/mol. The SMILES string of the molecule is CCCCCN1C(=O)C(c2cccs2)=C(N2CCN(CC)CC2)C1=O. The minimum Gasteiger partial charge on any atom is -0.364 e. The van der Waals surface area contributed by atoms with Crippen LogP contribution in [0, 0.1) is 0 Å². The molecule has 0 bridgehead atoms. The van der Waals surface area contributed by atoms with Gasteiger partial charge in [0.1, 0.15) is 5.70 Å². The molecule has 3 heterocycles. The highest BCUT2D eigenvalue weighted by Crippen LogP contribution is 2.34. The van der Waals surface area contributed by atoms with E-state index in [0.717, 1.165) is 56.9 Å². The molecule has 2 amide bonds. The van der Waals surface area contributed by atoms with Gasteiger partial charge in [-0.1, -0.05) is 32.8 Å². The van der Waals surface area contributed by atoms with Gasteiger partial charge in [0.15, 0.2) is 0 Å². The summed E-state index contributed by atoms with van der Waals surface area (Å²) in [5.74, 6) is -0.217. The van der Waals surface area contributed by atoms with Gasteiger partial charge in [-0.25, -0.2) is 0 Å². The normalized spacial score (nSPS) is 19.4. The summed E-state index contributed by atoms with van der Waals surface area (Å²) in [6.07, 6.45) is 2.99. The largest absolute Gasteiger partial charge is 0.364 e. The number of likely N-dealkylation sites (N-methyl/N-ethyl adjacent to an activating group) is 1. The Morgan fingerprint density at radius 1 is 1.04 bits per heavy atom. The fraction of sp³-hybridized carbons (Fsp3) is 0.579. The van der Waals surface area contributed by atoms with E-state index in [0.29, 0.717) is 17.8 Å². The third kappa shape index (κ3) is 3.65. The highest BCUT2D eigenvalue weighted by Gasteiger charge is 2.42. The van der Waals surface area contributed by atoms with E-state index >= 15 is 0 Å². The summed E-state index contributed by atoms with van der Waals surface area (Å²) in [5, 5.41) is 1.96. The molecular formula is C19H27N3O2S. The number of piperazine rings is 1. The molecule has 1 aromatic rings. The molecule has 0 saturated carbocycles. The quantitative estimate of drug-likeness (QED) is 0.553. The smallest absolute Gasteiger partial charge is 0.277 e. The van der Waals surface area contributed by atoms with E-state index in [1.54, 1.807) is 0 Å². The van der Waals surface area contributed by atoms with Gasteiger partial charge < -0.3 is 9.80 Å². The van der Waals surface area contributed by atoms with Crippen molar-refractivity contribution in [1.82, 2.24) is 14.7 Å². The molecule has 0 aromatic carbocycles. The average molecular weight is 362 g/mol. The topological polar surface area (TPSA) is 43.9 Å². The minimum atomic E-state index is -0.114. The van der Waals surface area contributed by atoms with Crippen LogP contribution in [0.4, 0.5) is 0 Å². The number of carbonyl (C=O) groups is 2.